The summed E-state index contributed by atoms with van der Waals surface area (Å²) in [5, 5.41) is 5.03. The number of nitrogens with zero attached hydrogens (tertiary/aromatic N) is 3. The van der Waals surface area contributed by atoms with E-state index in [1.165, 1.54) is 54.6 Å². The van der Waals surface area contributed by atoms with E-state index in [0.29, 0.717) is 0 Å². The summed E-state index contributed by atoms with van der Waals surface area (Å²) in [7, 11) is 0. The van der Waals surface area contributed by atoms with Gasteiger partial charge in [0.1, 0.15) is 5.75 Å². The van der Waals surface area contributed by atoms with Crippen molar-refractivity contribution in [1.29, 1.82) is 0 Å². The van der Waals surface area contributed by atoms with Crippen molar-refractivity contribution in [3.63, 3.8) is 0 Å². The fraction of sp³-hybridized carbons (Fsp3) is 0. The molecule has 0 saturated carbocycles. The quantitative estimate of drug-likeness (QED) is 0.174. The average Bonchev–Trinajstić information content (AvgIpc) is 3.74. The van der Waals surface area contributed by atoms with Gasteiger partial charge >= 0.3 is 6.92 Å². The third kappa shape index (κ3) is 3.96. The summed E-state index contributed by atoms with van der Waals surface area (Å²) in [5.74, 6) is 0.916. The molecular weight excluding hydrogens is 645 g/mol. The monoisotopic (exact) mass is 675 g/mol. The first-order valence-electron chi connectivity index (χ1n) is 18.2. The second kappa shape index (κ2) is 10.8. The van der Waals surface area contributed by atoms with Crippen molar-refractivity contribution in [3.05, 3.63) is 182 Å². The maximum atomic E-state index is 7.01. The molecule has 2 aromatic heterocycles. The van der Waals surface area contributed by atoms with Gasteiger partial charge in [-0.15, -0.1) is 0 Å². The molecular formula is C48H30BN3O. The normalized spacial score (nSPS) is 13.0. The van der Waals surface area contributed by atoms with Crippen LogP contribution in [0.5, 0.6) is 5.75 Å². The van der Waals surface area contributed by atoms with Crippen LogP contribution >= 0.6 is 0 Å². The Labute approximate surface area is 306 Å². The van der Waals surface area contributed by atoms with Crippen LogP contribution < -0.4 is 20.5 Å². The van der Waals surface area contributed by atoms with E-state index in [-0.39, 0.29) is 6.92 Å². The molecule has 8 aromatic carbocycles. The van der Waals surface area contributed by atoms with Gasteiger partial charge in [0.25, 0.3) is 0 Å². The van der Waals surface area contributed by atoms with Crippen molar-refractivity contribution in [2.24, 2.45) is 0 Å². The van der Waals surface area contributed by atoms with Gasteiger partial charge in [0, 0.05) is 61.0 Å². The molecule has 53 heavy (non-hydrogen) atoms. The second-order valence-corrected chi connectivity index (χ2v) is 14.1. The Morgan fingerprint density at radius 3 is 1.49 bits per heavy atom. The zero-order valence-corrected chi connectivity index (χ0v) is 28.6. The van der Waals surface area contributed by atoms with E-state index >= 15 is 0 Å². The maximum Gasteiger partial charge on any atom is 0.431 e. The number of aromatic nitrogens is 2. The van der Waals surface area contributed by atoms with Crippen molar-refractivity contribution in [1.82, 2.24) is 9.13 Å². The molecule has 0 radical (unpaired) electrons. The minimum atomic E-state index is -0.257. The predicted molar refractivity (Wildman–Crippen MR) is 221 cm³/mol. The van der Waals surface area contributed by atoms with E-state index < -0.39 is 0 Å². The second-order valence-electron chi connectivity index (χ2n) is 14.1. The highest BCUT2D eigenvalue weighted by molar-refractivity contribution is 6.85. The van der Waals surface area contributed by atoms with E-state index in [1.54, 1.807) is 0 Å². The molecule has 0 amide bonds. The highest BCUT2D eigenvalue weighted by Gasteiger charge is 2.42. The molecule has 246 valence electrons. The van der Waals surface area contributed by atoms with E-state index in [9.17, 15) is 0 Å². The minimum absolute atomic E-state index is 0.257. The molecule has 0 atom stereocenters. The highest BCUT2D eigenvalue weighted by atomic mass is 16.4. The number of hydrogen-bond acceptors (Lipinski definition) is 2. The molecule has 0 spiro atoms. The number of rotatable bonds is 3. The molecule has 2 aliphatic heterocycles. The summed E-state index contributed by atoms with van der Waals surface area (Å²) >= 11 is 0. The third-order valence-electron chi connectivity index (χ3n) is 11.3. The molecule has 0 fully saturated rings. The number of anilines is 3. The topological polar surface area (TPSA) is 22.3 Å². The number of benzene rings is 8. The van der Waals surface area contributed by atoms with Crippen molar-refractivity contribution in [2.45, 2.75) is 0 Å². The molecule has 0 saturated heterocycles. The predicted octanol–water partition coefficient (Wildman–Crippen LogP) is 10.8. The lowest BCUT2D eigenvalue weighted by Gasteiger charge is -2.39. The highest BCUT2D eigenvalue weighted by Crippen LogP contribution is 2.44. The molecule has 4 nitrogen and oxygen atoms in total. The number of hydrogen-bond donors (Lipinski definition) is 0. The molecule has 0 unspecified atom stereocenters. The molecule has 0 bridgehead atoms. The Bertz CT molecular complexity index is 3010. The fourth-order valence-electron chi connectivity index (χ4n) is 9.11. The average molecular weight is 676 g/mol. The van der Waals surface area contributed by atoms with Gasteiger partial charge in [0.2, 0.25) is 0 Å². The van der Waals surface area contributed by atoms with Gasteiger partial charge in [0.15, 0.2) is 0 Å². The molecule has 2 aliphatic rings. The lowest BCUT2D eigenvalue weighted by atomic mass is 9.49. The summed E-state index contributed by atoms with van der Waals surface area (Å²) in [5.41, 5.74) is 15.1. The van der Waals surface area contributed by atoms with Crippen molar-refractivity contribution in [3.8, 4) is 28.3 Å². The number of para-hydroxylation sites is 5. The van der Waals surface area contributed by atoms with Crippen molar-refractivity contribution >= 4 is 78.5 Å². The van der Waals surface area contributed by atoms with Crippen LogP contribution in [0.25, 0.3) is 66.1 Å². The van der Waals surface area contributed by atoms with Gasteiger partial charge in [-0.3, -0.25) is 0 Å². The summed E-state index contributed by atoms with van der Waals surface area (Å²) in [6.07, 6.45) is 0. The molecule has 12 rings (SSSR count). The first-order chi connectivity index (χ1) is 26.3. The van der Waals surface area contributed by atoms with E-state index in [1.807, 2.05) is 0 Å². The summed E-state index contributed by atoms with van der Waals surface area (Å²) in [4.78, 5) is 2.42. The maximum absolute atomic E-state index is 7.01. The smallest absolute Gasteiger partial charge is 0.431 e. The van der Waals surface area contributed by atoms with Crippen LogP contribution in [0, 0.1) is 0 Å². The molecule has 4 heterocycles. The van der Waals surface area contributed by atoms with Gasteiger partial charge < -0.3 is 18.7 Å². The van der Waals surface area contributed by atoms with Crippen LogP contribution in [0.15, 0.2) is 182 Å². The first kappa shape index (κ1) is 28.7. The van der Waals surface area contributed by atoms with Gasteiger partial charge in [-0.05, 0) is 89.9 Å². The molecule has 5 heteroatoms. The van der Waals surface area contributed by atoms with Gasteiger partial charge in [-0.2, -0.15) is 0 Å². The third-order valence-corrected chi connectivity index (χ3v) is 11.3. The fourth-order valence-corrected chi connectivity index (χ4v) is 9.11. The Kier molecular flexibility index (Phi) is 5.83. The molecule has 0 N–H and O–H groups in total. The van der Waals surface area contributed by atoms with Crippen molar-refractivity contribution in [2.75, 3.05) is 4.90 Å². The Hall–Kier alpha value is -6.98. The Balaban J connectivity index is 1.08. The largest absolute Gasteiger partial charge is 0.551 e. The summed E-state index contributed by atoms with van der Waals surface area (Å²) < 4.78 is 11.8. The van der Waals surface area contributed by atoms with Crippen LogP contribution in [-0.4, -0.2) is 16.0 Å². The van der Waals surface area contributed by atoms with Gasteiger partial charge in [-0.1, -0.05) is 103 Å². The SMILES string of the molecule is c1ccc2c(c1)OB1c3cc(-n4c5ccccc5c5ccccc54)ccc3N(c3ccc(-n4c5ccccc5c5ccccc54)cc3)c3cccc-2c31. The van der Waals surface area contributed by atoms with Gasteiger partial charge in [-0.25, -0.2) is 0 Å². The standard InChI is InChI=1S/C48H30BN3O/c1-6-18-41-34(12-1)35-13-2-7-19-42(35)50(41)31-24-26-32(27-25-31)51-45-29-28-33(52-43-20-8-3-14-36(43)37-15-4-9-21-44(37)52)30-40(45)49-48-39(17-11-22-46(48)51)38-16-5-10-23-47(38)53-49/h1-30H. The van der Waals surface area contributed by atoms with Crippen LogP contribution in [0.4, 0.5) is 17.1 Å². The lowest BCUT2D eigenvalue weighted by Crippen LogP contribution is -2.56. The van der Waals surface area contributed by atoms with Crippen LogP contribution in [0.2, 0.25) is 0 Å². The summed E-state index contributed by atoms with van der Waals surface area (Å²) in [6.45, 7) is -0.257. The zero-order valence-electron chi connectivity index (χ0n) is 28.6. The number of fused-ring (bicyclic) bond motifs is 10. The van der Waals surface area contributed by atoms with Crippen LogP contribution in [0.1, 0.15) is 0 Å². The summed E-state index contributed by atoms with van der Waals surface area (Å²) in [6, 6.07) is 65.8. The van der Waals surface area contributed by atoms with E-state index in [0.717, 1.165) is 45.2 Å². The van der Waals surface area contributed by atoms with E-state index in [2.05, 4.69) is 196 Å². The first-order valence-corrected chi connectivity index (χ1v) is 18.2. The molecule has 10 aromatic rings. The van der Waals surface area contributed by atoms with Gasteiger partial charge in [0.05, 0.1) is 22.1 Å². The zero-order chi connectivity index (χ0) is 34.6. The van der Waals surface area contributed by atoms with Crippen LogP contribution in [-0.2, 0) is 0 Å². The Morgan fingerprint density at radius 2 is 0.868 bits per heavy atom. The Morgan fingerprint density at radius 1 is 0.377 bits per heavy atom. The lowest BCUT2D eigenvalue weighted by molar-refractivity contribution is 0.590. The van der Waals surface area contributed by atoms with E-state index in [4.69, 9.17) is 4.65 Å². The van der Waals surface area contributed by atoms with Crippen molar-refractivity contribution < 1.29 is 4.65 Å². The minimum Gasteiger partial charge on any atom is -0.551 e. The van der Waals surface area contributed by atoms with Crippen LogP contribution in [0.3, 0.4) is 0 Å². The molecule has 0 aliphatic carbocycles.